The minimum Gasteiger partial charge on any atom is -0.103 e. The van der Waals surface area contributed by atoms with Crippen molar-refractivity contribution in [1.29, 1.82) is 0 Å². The lowest BCUT2D eigenvalue weighted by atomic mass is 9.68. The van der Waals surface area contributed by atoms with Crippen LogP contribution in [-0.4, -0.2) is 0 Å². The molecule has 1 aromatic carbocycles. The maximum Gasteiger partial charge on any atom is -0.0162 e. The van der Waals surface area contributed by atoms with Crippen LogP contribution in [0.4, 0.5) is 0 Å². The van der Waals surface area contributed by atoms with E-state index in [9.17, 15) is 0 Å². The zero-order chi connectivity index (χ0) is 17.5. The molecule has 0 saturated heterocycles. The molecule has 0 atom stereocenters. The van der Waals surface area contributed by atoms with Gasteiger partial charge in [-0.05, 0) is 106 Å². The Balaban J connectivity index is 1.46. The Kier molecular flexibility index (Phi) is 6.96. The van der Waals surface area contributed by atoms with Gasteiger partial charge in [-0.3, -0.25) is 0 Å². The molecular weight excluding hydrogens is 300 g/mol. The van der Waals surface area contributed by atoms with Crippen molar-refractivity contribution in [2.75, 3.05) is 0 Å². The van der Waals surface area contributed by atoms with Gasteiger partial charge in [0.2, 0.25) is 0 Å². The smallest absolute Gasteiger partial charge is 0.0162 e. The van der Waals surface area contributed by atoms with Gasteiger partial charge in [-0.1, -0.05) is 42.5 Å². The predicted octanol–water partition coefficient (Wildman–Crippen LogP) is 7.46. The molecule has 0 heterocycles. The molecule has 0 bridgehead atoms. The summed E-state index contributed by atoms with van der Waals surface area (Å²) in [7, 11) is 0. The fourth-order valence-electron chi connectivity index (χ4n) is 5.15. The minimum atomic E-state index is 0.805. The molecular formula is C25H36. The van der Waals surface area contributed by atoms with Crippen molar-refractivity contribution in [3.63, 3.8) is 0 Å². The summed E-state index contributed by atoms with van der Waals surface area (Å²) in [6, 6.07) is 9.54. The first-order valence-electron chi connectivity index (χ1n) is 10.6. The monoisotopic (exact) mass is 336 g/mol. The first-order valence-corrected chi connectivity index (χ1v) is 10.6. The van der Waals surface area contributed by atoms with E-state index >= 15 is 0 Å². The molecule has 0 N–H and O–H groups in total. The summed E-state index contributed by atoms with van der Waals surface area (Å²) in [6.07, 6.45) is 20.3. The molecule has 136 valence electrons. The topological polar surface area (TPSA) is 0 Å². The Hall–Kier alpha value is -1.30. The summed E-state index contributed by atoms with van der Waals surface area (Å²) in [5.41, 5.74) is 3.07. The molecule has 3 rings (SSSR count). The lowest BCUT2D eigenvalue weighted by Crippen LogP contribution is -2.25. The second-order valence-electron chi connectivity index (χ2n) is 8.37. The largest absolute Gasteiger partial charge is 0.103 e. The molecule has 1 aromatic rings. The molecule has 2 fully saturated rings. The molecule has 2 aliphatic rings. The van der Waals surface area contributed by atoms with Crippen molar-refractivity contribution in [3.05, 3.63) is 60.2 Å². The average Bonchev–Trinajstić information content (AvgIpc) is 2.69. The molecule has 0 radical (unpaired) electrons. The van der Waals surface area contributed by atoms with Gasteiger partial charge in [-0.15, -0.1) is 6.58 Å². The Morgan fingerprint density at radius 2 is 1.48 bits per heavy atom. The van der Waals surface area contributed by atoms with Gasteiger partial charge in [-0.25, -0.2) is 0 Å². The van der Waals surface area contributed by atoms with Gasteiger partial charge < -0.3 is 0 Å². The molecule has 2 saturated carbocycles. The summed E-state index contributed by atoms with van der Waals surface area (Å²) in [6.45, 7) is 6.09. The normalized spacial score (nSPS) is 30.4. The van der Waals surface area contributed by atoms with Gasteiger partial charge in [0.1, 0.15) is 0 Å². The predicted molar refractivity (Wildman–Crippen MR) is 110 cm³/mol. The van der Waals surface area contributed by atoms with E-state index in [1.807, 2.05) is 0 Å². The molecule has 0 nitrogen and oxygen atoms in total. The highest BCUT2D eigenvalue weighted by Gasteiger charge is 2.30. The highest BCUT2D eigenvalue weighted by Crippen LogP contribution is 2.44. The first kappa shape index (κ1) is 18.5. The minimum absolute atomic E-state index is 0.805. The van der Waals surface area contributed by atoms with Gasteiger partial charge in [0.25, 0.3) is 0 Å². The Bertz CT molecular complexity index is 534. The van der Waals surface area contributed by atoms with E-state index < -0.39 is 0 Å². The van der Waals surface area contributed by atoms with Crippen LogP contribution in [0.2, 0.25) is 0 Å². The van der Waals surface area contributed by atoms with Crippen molar-refractivity contribution < 1.29 is 0 Å². The third kappa shape index (κ3) is 5.09. The Labute approximate surface area is 155 Å². The van der Waals surface area contributed by atoms with Crippen LogP contribution in [0.5, 0.6) is 0 Å². The molecule has 0 aromatic heterocycles. The number of aryl methyl sites for hydroxylation is 1. The van der Waals surface area contributed by atoms with Gasteiger partial charge >= 0.3 is 0 Å². The van der Waals surface area contributed by atoms with E-state index in [1.54, 1.807) is 5.56 Å². The standard InChI is InChI=1S/C25H36/c1-3-5-6-7-21-10-14-23(15-11-21)25-18-16-24(17-19-25)22-12-8-20(4-2)9-13-22/h3-5,10-11,14-15,20,22,24-25H,2,6-9,12-13,16-19H2,1H3/b5-3+. The summed E-state index contributed by atoms with van der Waals surface area (Å²) < 4.78 is 0. The maximum absolute atomic E-state index is 3.99. The van der Waals surface area contributed by atoms with Gasteiger partial charge in [0, 0.05) is 0 Å². The second-order valence-corrected chi connectivity index (χ2v) is 8.37. The molecule has 0 aliphatic heterocycles. The van der Waals surface area contributed by atoms with E-state index in [1.165, 1.54) is 63.4 Å². The van der Waals surface area contributed by atoms with Crippen LogP contribution >= 0.6 is 0 Å². The number of allylic oxidation sites excluding steroid dienone is 3. The zero-order valence-corrected chi connectivity index (χ0v) is 16.1. The van der Waals surface area contributed by atoms with Crippen molar-refractivity contribution in [2.45, 2.75) is 77.0 Å². The van der Waals surface area contributed by atoms with E-state index in [4.69, 9.17) is 0 Å². The van der Waals surface area contributed by atoms with Crippen LogP contribution in [0, 0.1) is 17.8 Å². The lowest BCUT2D eigenvalue weighted by molar-refractivity contribution is 0.171. The fourth-order valence-corrected chi connectivity index (χ4v) is 5.15. The van der Waals surface area contributed by atoms with Crippen LogP contribution in [0.3, 0.4) is 0 Å². The van der Waals surface area contributed by atoms with E-state index in [2.05, 4.69) is 56.0 Å². The molecule has 25 heavy (non-hydrogen) atoms. The van der Waals surface area contributed by atoms with Crippen LogP contribution in [0.15, 0.2) is 49.1 Å². The third-order valence-corrected chi connectivity index (χ3v) is 6.87. The molecule has 0 spiro atoms. The third-order valence-electron chi connectivity index (χ3n) is 6.87. The van der Waals surface area contributed by atoms with Crippen LogP contribution < -0.4 is 0 Å². The molecule has 0 heteroatoms. The number of rotatable bonds is 6. The van der Waals surface area contributed by atoms with Gasteiger partial charge in [0.05, 0.1) is 0 Å². The zero-order valence-electron chi connectivity index (χ0n) is 16.1. The summed E-state index contributed by atoms with van der Waals surface area (Å²) >= 11 is 0. The summed E-state index contributed by atoms with van der Waals surface area (Å²) in [4.78, 5) is 0. The quantitative estimate of drug-likeness (QED) is 0.473. The lowest BCUT2D eigenvalue weighted by Gasteiger charge is -2.37. The van der Waals surface area contributed by atoms with Gasteiger partial charge in [-0.2, -0.15) is 0 Å². The van der Waals surface area contributed by atoms with Gasteiger partial charge in [0.15, 0.2) is 0 Å². The van der Waals surface area contributed by atoms with Crippen LogP contribution in [-0.2, 0) is 6.42 Å². The second kappa shape index (κ2) is 9.41. The number of hydrogen-bond donors (Lipinski definition) is 0. The van der Waals surface area contributed by atoms with Crippen LogP contribution in [0.1, 0.15) is 81.8 Å². The molecule has 2 aliphatic carbocycles. The van der Waals surface area contributed by atoms with Crippen molar-refractivity contribution in [2.24, 2.45) is 17.8 Å². The Morgan fingerprint density at radius 3 is 2.04 bits per heavy atom. The number of hydrogen-bond acceptors (Lipinski definition) is 0. The molecule has 0 amide bonds. The van der Waals surface area contributed by atoms with E-state index in [0.29, 0.717) is 0 Å². The van der Waals surface area contributed by atoms with Crippen molar-refractivity contribution >= 4 is 0 Å². The number of benzene rings is 1. The highest BCUT2D eigenvalue weighted by atomic mass is 14.4. The van der Waals surface area contributed by atoms with E-state index in [-0.39, 0.29) is 0 Å². The van der Waals surface area contributed by atoms with Crippen molar-refractivity contribution in [1.82, 2.24) is 0 Å². The first-order chi connectivity index (χ1) is 12.3. The maximum atomic E-state index is 3.99. The molecule has 0 unspecified atom stereocenters. The van der Waals surface area contributed by atoms with E-state index in [0.717, 1.165) is 30.1 Å². The summed E-state index contributed by atoms with van der Waals surface area (Å²) in [5, 5.41) is 0. The highest BCUT2D eigenvalue weighted by molar-refractivity contribution is 5.26. The van der Waals surface area contributed by atoms with Crippen LogP contribution in [0.25, 0.3) is 0 Å². The SMILES string of the molecule is C=CC1CCC(C2CCC(c3ccc(CC/C=C/C)cc3)CC2)CC1. The average molecular weight is 337 g/mol. The Morgan fingerprint density at radius 1 is 0.880 bits per heavy atom. The summed E-state index contributed by atoms with van der Waals surface area (Å²) in [5.74, 6) is 3.62. The fraction of sp³-hybridized carbons (Fsp3) is 0.600. The van der Waals surface area contributed by atoms with Crippen molar-refractivity contribution in [3.8, 4) is 0 Å².